The first-order valence-electron chi connectivity index (χ1n) is 4.27. The monoisotopic (exact) mass is 139 g/mol. The van der Waals surface area contributed by atoms with Crippen LogP contribution in [-0.4, -0.2) is 30.7 Å². The molecule has 2 rings (SSSR count). The van der Waals surface area contributed by atoms with E-state index in [1.54, 1.807) is 0 Å². The van der Waals surface area contributed by atoms with Crippen molar-refractivity contribution in [1.82, 2.24) is 10.2 Å². The van der Waals surface area contributed by atoms with Crippen LogP contribution in [-0.2, 0) is 0 Å². The molecule has 1 radical (unpaired) electrons. The Morgan fingerprint density at radius 2 is 2.10 bits per heavy atom. The van der Waals surface area contributed by atoms with Crippen molar-refractivity contribution in [3.8, 4) is 0 Å². The van der Waals surface area contributed by atoms with Crippen LogP contribution in [0.4, 0.5) is 0 Å². The summed E-state index contributed by atoms with van der Waals surface area (Å²) in [4.78, 5) is 2.53. The molecule has 0 bridgehead atoms. The van der Waals surface area contributed by atoms with E-state index in [1.807, 2.05) is 0 Å². The standard InChI is InChI=1S/C8H15N2/c1-2-7-10(6-1)8-4-3-5-9-8/h4,8-9H,1-3,5-7H2. The molecule has 2 aliphatic heterocycles. The molecule has 0 saturated carbocycles. The maximum atomic E-state index is 3.47. The minimum atomic E-state index is 0.613. The van der Waals surface area contributed by atoms with Crippen LogP contribution in [0.15, 0.2) is 0 Å². The fourth-order valence-electron chi connectivity index (χ4n) is 1.85. The van der Waals surface area contributed by atoms with Crippen molar-refractivity contribution < 1.29 is 0 Å². The molecule has 0 aliphatic carbocycles. The van der Waals surface area contributed by atoms with Gasteiger partial charge in [-0.15, -0.1) is 0 Å². The summed E-state index contributed by atoms with van der Waals surface area (Å²) < 4.78 is 0. The van der Waals surface area contributed by atoms with Crippen LogP contribution >= 0.6 is 0 Å². The van der Waals surface area contributed by atoms with Gasteiger partial charge in [0.25, 0.3) is 0 Å². The van der Waals surface area contributed by atoms with Crippen molar-refractivity contribution >= 4 is 0 Å². The Labute approximate surface area is 62.6 Å². The lowest BCUT2D eigenvalue weighted by molar-refractivity contribution is 0.254. The molecule has 0 amide bonds. The second-order valence-corrected chi connectivity index (χ2v) is 3.17. The van der Waals surface area contributed by atoms with Crippen LogP contribution in [0.2, 0.25) is 0 Å². The summed E-state index contributed by atoms with van der Waals surface area (Å²) >= 11 is 0. The smallest absolute Gasteiger partial charge is 0.0630 e. The molecular weight excluding hydrogens is 124 g/mol. The molecule has 0 aromatic rings. The number of hydrogen-bond donors (Lipinski definition) is 1. The predicted molar refractivity (Wildman–Crippen MR) is 41.5 cm³/mol. The van der Waals surface area contributed by atoms with E-state index in [0.29, 0.717) is 6.17 Å². The summed E-state index contributed by atoms with van der Waals surface area (Å²) in [5.74, 6) is 0. The summed E-state index contributed by atoms with van der Waals surface area (Å²) in [5, 5.41) is 3.47. The quantitative estimate of drug-likeness (QED) is 0.572. The lowest BCUT2D eigenvalue weighted by atomic mass is 10.3. The van der Waals surface area contributed by atoms with Crippen LogP contribution in [0.3, 0.4) is 0 Å². The molecular formula is C8H15N2. The number of hydrogen-bond acceptors (Lipinski definition) is 2. The number of likely N-dealkylation sites (tertiary alicyclic amines) is 1. The Hall–Kier alpha value is -0.0800. The SMILES string of the molecule is [CH]1CCNC1N1CCCC1. The van der Waals surface area contributed by atoms with E-state index in [1.165, 1.54) is 38.9 Å². The average Bonchev–Trinajstić information content (AvgIpc) is 2.59. The van der Waals surface area contributed by atoms with Crippen molar-refractivity contribution in [2.75, 3.05) is 19.6 Å². The van der Waals surface area contributed by atoms with Crippen LogP contribution < -0.4 is 5.32 Å². The second-order valence-electron chi connectivity index (χ2n) is 3.17. The molecule has 2 fully saturated rings. The van der Waals surface area contributed by atoms with Crippen LogP contribution in [0.1, 0.15) is 19.3 Å². The van der Waals surface area contributed by atoms with E-state index in [2.05, 4.69) is 16.6 Å². The molecule has 1 unspecified atom stereocenters. The Morgan fingerprint density at radius 3 is 2.70 bits per heavy atom. The van der Waals surface area contributed by atoms with E-state index in [9.17, 15) is 0 Å². The Morgan fingerprint density at radius 1 is 1.30 bits per heavy atom. The minimum Gasteiger partial charge on any atom is -0.301 e. The summed E-state index contributed by atoms with van der Waals surface area (Å²) in [5.41, 5.74) is 0. The minimum absolute atomic E-state index is 0.613. The van der Waals surface area contributed by atoms with Crippen molar-refractivity contribution in [3.05, 3.63) is 6.42 Å². The molecule has 2 nitrogen and oxygen atoms in total. The lowest BCUT2D eigenvalue weighted by Gasteiger charge is -2.22. The topological polar surface area (TPSA) is 15.3 Å². The first kappa shape index (κ1) is 6.62. The molecule has 2 aliphatic rings. The lowest BCUT2D eigenvalue weighted by Crippen LogP contribution is -2.39. The van der Waals surface area contributed by atoms with E-state index < -0.39 is 0 Å². The highest BCUT2D eigenvalue weighted by Crippen LogP contribution is 2.15. The normalized spacial score (nSPS) is 35.4. The zero-order valence-corrected chi connectivity index (χ0v) is 6.34. The second kappa shape index (κ2) is 2.89. The van der Waals surface area contributed by atoms with Gasteiger partial charge in [-0.25, -0.2) is 0 Å². The highest BCUT2D eigenvalue weighted by Gasteiger charge is 2.23. The molecule has 1 atom stereocenters. The van der Waals surface area contributed by atoms with E-state index in [-0.39, 0.29) is 0 Å². The summed E-state index contributed by atoms with van der Waals surface area (Å²) in [6.45, 7) is 3.78. The van der Waals surface area contributed by atoms with Crippen LogP contribution in [0.25, 0.3) is 0 Å². The molecule has 2 heterocycles. The summed E-state index contributed by atoms with van der Waals surface area (Å²) in [7, 11) is 0. The van der Waals surface area contributed by atoms with Gasteiger partial charge in [-0.3, -0.25) is 4.90 Å². The van der Waals surface area contributed by atoms with Gasteiger partial charge in [0.05, 0.1) is 6.17 Å². The predicted octanol–water partition coefficient (Wildman–Crippen LogP) is 0.606. The zero-order valence-electron chi connectivity index (χ0n) is 6.34. The molecule has 0 aromatic carbocycles. The van der Waals surface area contributed by atoms with E-state index in [4.69, 9.17) is 0 Å². The summed E-state index contributed by atoms with van der Waals surface area (Å²) in [6.07, 6.45) is 7.05. The van der Waals surface area contributed by atoms with Crippen molar-refractivity contribution in [1.29, 1.82) is 0 Å². The molecule has 2 saturated heterocycles. The molecule has 2 heteroatoms. The third-order valence-electron chi connectivity index (χ3n) is 2.42. The van der Waals surface area contributed by atoms with E-state index in [0.717, 1.165) is 0 Å². The Balaban J connectivity index is 1.85. The van der Waals surface area contributed by atoms with Crippen molar-refractivity contribution in [2.24, 2.45) is 0 Å². The maximum Gasteiger partial charge on any atom is 0.0630 e. The number of nitrogens with one attached hydrogen (secondary N) is 1. The third kappa shape index (κ3) is 1.18. The van der Waals surface area contributed by atoms with E-state index >= 15 is 0 Å². The number of nitrogens with zero attached hydrogens (tertiary/aromatic N) is 1. The first-order chi connectivity index (χ1) is 4.97. The summed E-state index contributed by atoms with van der Waals surface area (Å²) in [6, 6.07) is 0. The molecule has 10 heavy (non-hydrogen) atoms. The van der Waals surface area contributed by atoms with Gasteiger partial charge in [0.2, 0.25) is 0 Å². The van der Waals surface area contributed by atoms with Crippen molar-refractivity contribution in [2.45, 2.75) is 25.4 Å². The van der Waals surface area contributed by atoms with Crippen molar-refractivity contribution in [3.63, 3.8) is 0 Å². The highest BCUT2D eigenvalue weighted by atomic mass is 15.3. The van der Waals surface area contributed by atoms with Gasteiger partial charge >= 0.3 is 0 Å². The van der Waals surface area contributed by atoms with Gasteiger partial charge in [-0.2, -0.15) is 0 Å². The Bertz CT molecular complexity index is 87.8. The first-order valence-corrected chi connectivity index (χ1v) is 4.27. The van der Waals surface area contributed by atoms with Gasteiger partial charge < -0.3 is 5.32 Å². The number of rotatable bonds is 1. The molecule has 57 valence electrons. The van der Waals surface area contributed by atoms with Gasteiger partial charge in [0.1, 0.15) is 0 Å². The fraction of sp³-hybridized carbons (Fsp3) is 0.875. The largest absolute Gasteiger partial charge is 0.301 e. The fourth-order valence-corrected chi connectivity index (χ4v) is 1.85. The maximum absolute atomic E-state index is 3.47. The molecule has 1 N–H and O–H groups in total. The zero-order chi connectivity index (χ0) is 6.81. The Kier molecular flexibility index (Phi) is 1.91. The van der Waals surface area contributed by atoms with Gasteiger partial charge in [0, 0.05) is 0 Å². The van der Waals surface area contributed by atoms with Crippen LogP contribution in [0, 0.1) is 6.42 Å². The highest BCUT2D eigenvalue weighted by molar-refractivity contribution is 4.91. The molecule has 0 spiro atoms. The third-order valence-corrected chi connectivity index (χ3v) is 2.42. The van der Waals surface area contributed by atoms with Gasteiger partial charge in [-0.05, 0) is 45.3 Å². The molecule has 0 aromatic heterocycles. The van der Waals surface area contributed by atoms with Crippen LogP contribution in [0.5, 0.6) is 0 Å². The van der Waals surface area contributed by atoms with Gasteiger partial charge in [-0.1, -0.05) is 0 Å². The average molecular weight is 139 g/mol. The van der Waals surface area contributed by atoms with Gasteiger partial charge in [0.15, 0.2) is 0 Å².